The average molecular weight is 286 g/mol. The van der Waals surface area contributed by atoms with Gasteiger partial charge in [0.15, 0.2) is 0 Å². The Morgan fingerprint density at radius 2 is 2.06 bits per heavy atom. The molecule has 1 aromatic carbocycles. The first kappa shape index (κ1) is 13.5. The smallest absolute Gasteiger partial charge is 0.0813 e. The van der Waals surface area contributed by atoms with Crippen molar-refractivity contribution in [2.24, 2.45) is 5.92 Å². The molecule has 1 unspecified atom stereocenters. The van der Waals surface area contributed by atoms with E-state index in [0.29, 0.717) is 6.54 Å². The van der Waals surface area contributed by atoms with Gasteiger partial charge in [0, 0.05) is 16.7 Å². The molecule has 0 heterocycles. The van der Waals surface area contributed by atoms with Crippen molar-refractivity contribution in [3.05, 3.63) is 28.2 Å². The van der Waals surface area contributed by atoms with Crippen LogP contribution in [0.25, 0.3) is 0 Å². The fourth-order valence-corrected chi connectivity index (χ4v) is 1.88. The SMILES string of the molecule is Cc1ccc(NCC(C)(O)C(C)C)c(Br)c1. The summed E-state index contributed by atoms with van der Waals surface area (Å²) in [5, 5.41) is 13.4. The van der Waals surface area contributed by atoms with Gasteiger partial charge in [-0.15, -0.1) is 0 Å². The number of hydrogen-bond acceptors (Lipinski definition) is 2. The maximum atomic E-state index is 10.1. The summed E-state index contributed by atoms with van der Waals surface area (Å²) >= 11 is 3.51. The van der Waals surface area contributed by atoms with Gasteiger partial charge in [-0.2, -0.15) is 0 Å². The highest BCUT2D eigenvalue weighted by atomic mass is 79.9. The molecule has 0 aliphatic rings. The Balaban J connectivity index is 2.68. The molecule has 0 saturated heterocycles. The molecule has 2 nitrogen and oxygen atoms in total. The number of benzene rings is 1. The van der Waals surface area contributed by atoms with Crippen LogP contribution in [0, 0.1) is 12.8 Å². The highest BCUT2D eigenvalue weighted by Gasteiger charge is 2.24. The summed E-state index contributed by atoms with van der Waals surface area (Å²) in [7, 11) is 0. The van der Waals surface area contributed by atoms with Crippen LogP contribution in [0.1, 0.15) is 26.3 Å². The molecule has 0 aliphatic heterocycles. The van der Waals surface area contributed by atoms with Gasteiger partial charge in [-0.1, -0.05) is 19.9 Å². The molecule has 0 aromatic heterocycles. The molecule has 16 heavy (non-hydrogen) atoms. The van der Waals surface area contributed by atoms with Gasteiger partial charge in [0.1, 0.15) is 0 Å². The molecule has 3 heteroatoms. The molecule has 0 bridgehead atoms. The third-order valence-corrected chi connectivity index (χ3v) is 3.66. The van der Waals surface area contributed by atoms with Gasteiger partial charge in [-0.25, -0.2) is 0 Å². The van der Waals surface area contributed by atoms with Crippen LogP contribution in [0.2, 0.25) is 0 Å². The van der Waals surface area contributed by atoms with E-state index in [1.807, 2.05) is 26.8 Å². The molecular weight excluding hydrogens is 266 g/mol. The van der Waals surface area contributed by atoms with Crippen molar-refractivity contribution in [1.29, 1.82) is 0 Å². The normalized spacial score (nSPS) is 14.9. The van der Waals surface area contributed by atoms with Crippen molar-refractivity contribution in [2.45, 2.75) is 33.3 Å². The van der Waals surface area contributed by atoms with Crippen molar-refractivity contribution in [1.82, 2.24) is 0 Å². The highest BCUT2D eigenvalue weighted by molar-refractivity contribution is 9.10. The maximum Gasteiger partial charge on any atom is 0.0813 e. The predicted molar refractivity (Wildman–Crippen MR) is 72.8 cm³/mol. The van der Waals surface area contributed by atoms with Crippen molar-refractivity contribution in [3.63, 3.8) is 0 Å². The summed E-state index contributed by atoms with van der Waals surface area (Å²) in [6.07, 6.45) is 0. The van der Waals surface area contributed by atoms with E-state index >= 15 is 0 Å². The minimum Gasteiger partial charge on any atom is -0.388 e. The van der Waals surface area contributed by atoms with Gasteiger partial charge in [0.2, 0.25) is 0 Å². The first-order valence-corrected chi connectivity index (χ1v) is 6.34. The van der Waals surface area contributed by atoms with Crippen LogP contribution in [0.15, 0.2) is 22.7 Å². The molecule has 0 fully saturated rings. The largest absolute Gasteiger partial charge is 0.388 e. The van der Waals surface area contributed by atoms with Crippen LogP contribution in [-0.4, -0.2) is 17.3 Å². The van der Waals surface area contributed by atoms with Crippen LogP contribution in [0.5, 0.6) is 0 Å². The quantitative estimate of drug-likeness (QED) is 0.886. The summed E-state index contributed by atoms with van der Waals surface area (Å²) in [6, 6.07) is 6.14. The van der Waals surface area contributed by atoms with Crippen molar-refractivity contribution in [3.8, 4) is 0 Å². The number of hydrogen-bond donors (Lipinski definition) is 2. The minimum atomic E-state index is -0.690. The summed E-state index contributed by atoms with van der Waals surface area (Å²) < 4.78 is 1.03. The Bertz CT molecular complexity index is 361. The van der Waals surface area contributed by atoms with Gasteiger partial charge in [-0.05, 0) is 53.4 Å². The highest BCUT2D eigenvalue weighted by Crippen LogP contribution is 2.25. The molecule has 1 rings (SSSR count). The molecule has 1 aromatic rings. The summed E-state index contributed by atoms with van der Waals surface area (Å²) in [4.78, 5) is 0. The lowest BCUT2D eigenvalue weighted by atomic mass is 9.92. The summed E-state index contributed by atoms with van der Waals surface area (Å²) in [6.45, 7) is 8.50. The first-order chi connectivity index (χ1) is 7.33. The Hall–Kier alpha value is -0.540. The molecule has 0 aliphatic carbocycles. The van der Waals surface area contributed by atoms with E-state index < -0.39 is 5.60 Å². The topological polar surface area (TPSA) is 32.3 Å². The number of nitrogens with one attached hydrogen (secondary N) is 1. The fraction of sp³-hybridized carbons (Fsp3) is 0.538. The van der Waals surface area contributed by atoms with Gasteiger partial charge in [0.05, 0.1) is 5.60 Å². The molecule has 90 valence electrons. The van der Waals surface area contributed by atoms with Gasteiger partial charge < -0.3 is 10.4 Å². The van der Waals surface area contributed by atoms with Gasteiger partial charge >= 0.3 is 0 Å². The first-order valence-electron chi connectivity index (χ1n) is 5.55. The lowest BCUT2D eigenvalue weighted by Crippen LogP contribution is -2.38. The Labute approximate surface area is 106 Å². The second-order valence-corrected chi connectivity index (χ2v) is 5.70. The Morgan fingerprint density at radius 3 is 2.56 bits per heavy atom. The third-order valence-electron chi connectivity index (χ3n) is 3.01. The van der Waals surface area contributed by atoms with E-state index in [1.54, 1.807) is 0 Å². The third kappa shape index (κ3) is 3.49. The monoisotopic (exact) mass is 285 g/mol. The number of aliphatic hydroxyl groups is 1. The zero-order valence-corrected chi connectivity index (χ0v) is 11.9. The summed E-state index contributed by atoms with van der Waals surface area (Å²) in [5.41, 5.74) is 1.55. The van der Waals surface area contributed by atoms with Crippen LogP contribution >= 0.6 is 15.9 Å². The van der Waals surface area contributed by atoms with Crippen LogP contribution in [0.4, 0.5) is 5.69 Å². The predicted octanol–water partition coefficient (Wildman–Crippen LogP) is 3.58. The van der Waals surface area contributed by atoms with Crippen LogP contribution < -0.4 is 5.32 Å². The molecule has 2 N–H and O–H groups in total. The standard InChI is InChI=1S/C13H20BrNO/c1-9(2)13(4,16)8-15-12-6-5-10(3)7-11(12)14/h5-7,9,15-16H,8H2,1-4H3. The van der Waals surface area contributed by atoms with Gasteiger partial charge in [0.25, 0.3) is 0 Å². The van der Waals surface area contributed by atoms with E-state index in [1.165, 1.54) is 5.56 Å². The molecule has 0 amide bonds. The fourth-order valence-electron chi connectivity index (χ4n) is 1.24. The van der Waals surface area contributed by atoms with Crippen molar-refractivity contribution >= 4 is 21.6 Å². The minimum absolute atomic E-state index is 0.226. The molecule has 0 radical (unpaired) electrons. The lowest BCUT2D eigenvalue weighted by Gasteiger charge is -2.28. The van der Waals surface area contributed by atoms with E-state index in [4.69, 9.17) is 0 Å². The number of aryl methyl sites for hydroxylation is 1. The lowest BCUT2D eigenvalue weighted by molar-refractivity contribution is 0.0266. The number of anilines is 1. The van der Waals surface area contributed by atoms with E-state index in [-0.39, 0.29) is 5.92 Å². The Kier molecular flexibility index (Phi) is 4.39. The number of halogens is 1. The van der Waals surface area contributed by atoms with Crippen LogP contribution in [0.3, 0.4) is 0 Å². The average Bonchev–Trinajstić information content (AvgIpc) is 2.16. The number of rotatable bonds is 4. The molecule has 1 atom stereocenters. The molecule has 0 spiro atoms. The van der Waals surface area contributed by atoms with Crippen LogP contribution in [-0.2, 0) is 0 Å². The Morgan fingerprint density at radius 1 is 1.44 bits per heavy atom. The zero-order valence-electron chi connectivity index (χ0n) is 10.3. The van der Waals surface area contributed by atoms with Crippen molar-refractivity contribution < 1.29 is 5.11 Å². The molecule has 0 saturated carbocycles. The second kappa shape index (κ2) is 5.19. The van der Waals surface area contributed by atoms with Gasteiger partial charge in [-0.3, -0.25) is 0 Å². The van der Waals surface area contributed by atoms with Crippen molar-refractivity contribution in [2.75, 3.05) is 11.9 Å². The second-order valence-electron chi connectivity index (χ2n) is 4.85. The summed E-state index contributed by atoms with van der Waals surface area (Å²) in [5.74, 6) is 0.226. The zero-order chi connectivity index (χ0) is 12.3. The van der Waals surface area contributed by atoms with E-state index in [0.717, 1.165) is 10.2 Å². The maximum absolute atomic E-state index is 10.1. The van der Waals surface area contributed by atoms with E-state index in [9.17, 15) is 5.11 Å². The van der Waals surface area contributed by atoms with E-state index in [2.05, 4.69) is 40.3 Å². The molecular formula is C13H20BrNO.